The van der Waals surface area contributed by atoms with E-state index < -0.39 is 5.54 Å². The Bertz CT molecular complexity index is 359. The number of nitrogens with zero attached hydrogens (tertiary/aromatic N) is 2. The van der Waals surface area contributed by atoms with Gasteiger partial charge in [0.05, 0.1) is 6.61 Å². The van der Waals surface area contributed by atoms with E-state index >= 15 is 0 Å². The maximum atomic E-state index is 6.09. The minimum atomic E-state index is -0.726. The van der Waals surface area contributed by atoms with Crippen molar-refractivity contribution in [1.82, 2.24) is 10.1 Å². The van der Waals surface area contributed by atoms with E-state index in [1.807, 2.05) is 13.8 Å². The predicted octanol–water partition coefficient (Wildman–Crippen LogP) is 1.13. The summed E-state index contributed by atoms with van der Waals surface area (Å²) in [5.74, 6) is 0.988. The van der Waals surface area contributed by atoms with Crippen molar-refractivity contribution in [3.8, 4) is 0 Å². The van der Waals surface area contributed by atoms with Gasteiger partial charge < -0.3 is 19.7 Å². The highest BCUT2D eigenvalue weighted by Crippen LogP contribution is 2.28. The van der Waals surface area contributed by atoms with Crippen LogP contribution >= 0.6 is 0 Å². The predicted molar refractivity (Wildman–Crippen MR) is 60.3 cm³/mol. The zero-order chi connectivity index (χ0) is 12.3. The Hall–Kier alpha value is -0.980. The first-order valence-electron chi connectivity index (χ1n) is 5.96. The van der Waals surface area contributed by atoms with E-state index in [1.54, 1.807) is 0 Å². The van der Waals surface area contributed by atoms with Gasteiger partial charge in [-0.3, -0.25) is 0 Å². The van der Waals surface area contributed by atoms with Crippen molar-refractivity contribution < 1.29 is 14.0 Å². The van der Waals surface area contributed by atoms with Gasteiger partial charge in [-0.1, -0.05) is 5.16 Å². The molecule has 96 valence electrons. The summed E-state index contributed by atoms with van der Waals surface area (Å²) in [5, 5.41) is 3.91. The largest absolute Gasteiger partial charge is 0.379 e. The first-order valence-corrected chi connectivity index (χ1v) is 5.96. The molecule has 0 spiro atoms. The molecule has 1 saturated heterocycles. The van der Waals surface area contributed by atoms with E-state index in [1.165, 1.54) is 0 Å². The van der Waals surface area contributed by atoms with Gasteiger partial charge in [0.2, 0.25) is 0 Å². The molecule has 0 aliphatic carbocycles. The molecule has 2 unspecified atom stereocenters. The van der Waals surface area contributed by atoms with E-state index in [9.17, 15) is 0 Å². The molecule has 2 atom stereocenters. The van der Waals surface area contributed by atoms with Crippen molar-refractivity contribution in [2.24, 2.45) is 5.73 Å². The molecule has 2 N–H and O–H groups in total. The van der Waals surface area contributed by atoms with Gasteiger partial charge in [0.25, 0.3) is 5.89 Å². The lowest BCUT2D eigenvalue weighted by Crippen LogP contribution is -2.39. The van der Waals surface area contributed by atoms with Crippen LogP contribution in [0.15, 0.2) is 4.52 Å². The van der Waals surface area contributed by atoms with Crippen LogP contribution in [-0.2, 0) is 15.0 Å². The number of nitrogens with two attached hydrogens (primary N) is 1. The molecule has 0 saturated carbocycles. The molecular weight excluding hydrogens is 222 g/mol. The molecule has 0 aromatic carbocycles. The molecule has 1 aliphatic heterocycles. The van der Waals surface area contributed by atoms with Crippen molar-refractivity contribution in [1.29, 1.82) is 0 Å². The summed E-state index contributed by atoms with van der Waals surface area (Å²) in [6.07, 6.45) is 1.88. The second-order valence-electron chi connectivity index (χ2n) is 4.51. The lowest BCUT2D eigenvalue weighted by Gasteiger charge is -2.19. The summed E-state index contributed by atoms with van der Waals surface area (Å²) in [6, 6.07) is 0. The standard InChI is InChI=1S/C11H19N3O3/c1-3-15-7-11(2,12)10-13-9(17-14-10)8-5-4-6-16-8/h8H,3-7,12H2,1-2H3. The molecule has 1 fully saturated rings. The summed E-state index contributed by atoms with van der Waals surface area (Å²) in [4.78, 5) is 4.31. The normalized spacial score (nSPS) is 23.8. The van der Waals surface area contributed by atoms with Crippen LogP contribution in [-0.4, -0.2) is 30.0 Å². The zero-order valence-corrected chi connectivity index (χ0v) is 10.3. The van der Waals surface area contributed by atoms with Gasteiger partial charge in [-0.05, 0) is 26.7 Å². The maximum Gasteiger partial charge on any atom is 0.255 e. The molecule has 17 heavy (non-hydrogen) atoms. The van der Waals surface area contributed by atoms with Crippen molar-refractivity contribution in [2.75, 3.05) is 19.8 Å². The SMILES string of the molecule is CCOCC(C)(N)c1noc(C2CCCO2)n1. The average Bonchev–Trinajstić information content (AvgIpc) is 2.95. The molecule has 2 rings (SSSR count). The Morgan fingerprint density at radius 3 is 3.06 bits per heavy atom. The van der Waals surface area contributed by atoms with Crippen LogP contribution in [0, 0.1) is 0 Å². The van der Waals surface area contributed by atoms with Crippen LogP contribution in [0.1, 0.15) is 44.5 Å². The molecule has 1 aromatic rings. The first kappa shape index (κ1) is 12.5. The van der Waals surface area contributed by atoms with E-state index in [-0.39, 0.29) is 6.10 Å². The van der Waals surface area contributed by atoms with Gasteiger partial charge >= 0.3 is 0 Å². The van der Waals surface area contributed by atoms with Crippen molar-refractivity contribution in [2.45, 2.75) is 38.3 Å². The molecular formula is C11H19N3O3. The van der Waals surface area contributed by atoms with Gasteiger partial charge in [0, 0.05) is 13.2 Å². The highest BCUT2D eigenvalue weighted by molar-refractivity contribution is 5.03. The Morgan fingerprint density at radius 2 is 2.41 bits per heavy atom. The fourth-order valence-electron chi connectivity index (χ4n) is 1.75. The zero-order valence-electron chi connectivity index (χ0n) is 10.3. The summed E-state index contributed by atoms with van der Waals surface area (Å²) in [5.41, 5.74) is 5.36. The van der Waals surface area contributed by atoms with Gasteiger partial charge in [-0.25, -0.2) is 0 Å². The molecule has 0 radical (unpaired) electrons. The van der Waals surface area contributed by atoms with Crippen LogP contribution in [0.3, 0.4) is 0 Å². The Kier molecular flexibility index (Phi) is 3.76. The van der Waals surface area contributed by atoms with Gasteiger partial charge in [-0.15, -0.1) is 0 Å². The molecule has 0 amide bonds. The van der Waals surface area contributed by atoms with E-state index in [0.717, 1.165) is 19.4 Å². The fraction of sp³-hybridized carbons (Fsp3) is 0.818. The molecule has 6 heteroatoms. The molecule has 2 heterocycles. The summed E-state index contributed by atoms with van der Waals surface area (Å²) >= 11 is 0. The Morgan fingerprint density at radius 1 is 1.59 bits per heavy atom. The Balaban J connectivity index is 2.05. The van der Waals surface area contributed by atoms with Gasteiger partial charge in [0.1, 0.15) is 11.6 Å². The average molecular weight is 241 g/mol. The van der Waals surface area contributed by atoms with Crippen LogP contribution < -0.4 is 5.73 Å². The van der Waals surface area contributed by atoms with Gasteiger partial charge in [-0.2, -0.15) is 4.98 Å². The van der Waals surface area contributed by atoms with Crippen LogP contribution in [0.4, 0.5) is 0 Å². The number of hydrogen-bond acceptors (Lipinski definition) is 6. The molecule has 1 aromatic heterocycles. The minimum Gasteiger partial charge on any atom is -0.379 e. The maximum absolute atomic E-state index is 6.09. The second kappa shape index (κ2) is 5.12. The van der Waals surface area contributed by atoms with Crippen molar-refractivity contribution in [3.63, 3.8) is 0 Å². The van der Waals surface area contributed by atoms with Crippen LogP contribution in [0.25, 0.3) is 0 Å². The highest BCUT2D eigenvalue weighted by atomic mass is 16.5. The summed E-state index contributed by atoms with van der Waals surface area (Å²) in [6.45, 7) is 5.48. The fourth-order valence-corrected chi connectivity index (χ4v) is 1.75. The van der Waals surface area contributed by atoms with Crippen molar-refractivity contribution in [3.05, 3.63) is 11.7 Å². The third-order valence-corrected chi connectivity index (χ3v) is 2.76. The van der Waals surface area contributed by atoms with Crippen LogP contribution in [0.5, 0.6) is 0 Å². The number of rotatable bonds is 5. The van der Waals surface area contributed by atoms with E-state index in [0.29, 0.717) is 24.9 Å². The molecule has 0 bridgehead atoms. The highest BCUT2D eigenvalue weighted by Gasteiger charge is 2.31. The summed E-state index contributed by atoms with van der Waals surface area (Å²) in [7, 11) is 0. The van der Waals surface area contributed by atoms with Crippen LogP contribution in [0.2, 0.25) is 0 Å². The van der Waals surface area contributed by atoms with Gasteiger partial charge in [0.15, 0.2) is 5.82 Å². The monoisotopic (exact) mass is 241 g/mol. The van der Waals surface area contributed by atoms with Crippen molar-refractivity contribution >= 4 is 0 Å². The second-order valence-corrected chi connectivity index (χ2v) is 4.51. The quantitative estimate of drug-likeness (QED) is 0.832. The van der Waals surface area contributed by atoms with E-state index in [2.05, 4.69) is 10.1 Å². The third-order valence-electron chi connectivity index (χ3n) is 2.76. The lowest BCUT2D eigenvalue weighted by atomic mass is 10.1. The minimum absolute atomic E-state index is 0.0702. The lowest BCUT2D eigenvalue weighted by molar-refractivity contribution is 0.0833. The first-order chi connectivity index (χ1) is 8.13. The molecule has 1 aliphatic rings. The smallest absolute Gasteiger partial charge is 0.255 e. The summed E-state index contributed by atoms with van der Waals surface area (Å²) < 4.78 is 16.0. The Labute approximate surface area is 100 Å². The topological polar surface area (TPSA) is 83.4 Å². The third kappa shape index (κ3) is 2.83. The number of hydrogen-bond donors (Lipinski definition) is 1. The number of ether oxygens (including phenoxy) is 2. The molecule has 6 nitrogen and oxygen atoms in total. The van der Waals surface area contributed by atoms with E-state index in [4.69, 9.17) is 19.7 Å². The number of aromatic nitrogens is 2.